The van der Waals surface area contributed by atoms with Gasteiger partial charge in [0, 0.05) is 11.8 Å². The quantitative estimate of drug-likeness (QED) is 0.852. The molecule has 3 nitrogen and oxygen atoms in total. The maximum Gasteiger partial charge on any atom is 0.128 e. The summed E-state index contributed by atoms with van der Waals surface area (Å²) in [7, 11) is 0. The number of nitrogens with zero attached hydrogens (tertiary/aromatic N) is 1. The van der Waals surface area contributed by atoms with E-state index in [1.54, 1.807) is 17.5 Å². The van der Waals surface area contributed by atoms with Crippen molar-refractivity contribution in [2.24, 2.45) is 0 Å². The van der Waals surface area contributed by atoms with Gasteiger partial charge in [-0.2, -0.15) is 11.3 Å². The number of anilines is 1. The van der Waals surface area contributed by atoms with Gasteiger partial charge >= 0.3 is 0 Å². The predicted molar refractivity (Wildman–Crippen MR) is 68.5 cm³/mol. The lowest BCUT2D eigenvalue weighted by Gasteiger charge is -2.18. The molecule has 0 radical (unpaired) electrons. The first kappa shape index (κ1) is 11.1. The van der Waals surface area contributed by atoms with E-state index in [0.717, 1.165) is 12.1 Å². The van der Waals surface area contributed by atoms with Crippen molar-refractivity contribution in [3.8, 4) is 0 Å². The Morgan fingerprint density at radius 1 is 1.50 bits per heavy atom. The van der Waals surface area contributed by atoms with Gasteiger partial charge in [-0.3, -0.25) is 0 Å². The second-order valence-electron chi connectivity index (χ2n) is 3.53. The molecule has 0 aliphatic rings. The van der Waals surface area contributed by atoms with Gasteiger partial charge in [-0.15, -0.1) is 0 Å². The van der Waals surface area contributed by atoms with E-state index in [4.69, 9.17) is 5.73 Å². The average molecular weight is 233 g/mol. The molecule has 0 aromatic carbocycles. The normalized spacial score (nSPS) is 12.6. The number of hydrogen-bond acceptors (Lipinski definition) is 4. The van der Waals surface area contributed by atoms with Gasteiger partial charge in [-0.05, 0) is 35.0 Å². The first-order chi connectivity index (χ1) is 7.83. The molecule has 1 atom stereocenters. The third-order valence-electron chi connectivity index (χ3n) is 2.47. The SMILES string of the molecule is CCNC(c1ccsc1)c1cccnc1N. The molecule has 0 saturated carbocycles. The zero-order chi connectivity index (χ0) is 11.4. The Hall–Kier alpha value is -1.39. The summed E-state index contributed by atoms with van der Waals surface area (Å²) < 4.78 is 0. The topological polar surface area (TPSA) is 50.9 Å². The Labute approximate surface area is 99.3 Å². The van der Waals surface area contributed by atoms with Crippen LogP contribution < -0.4 is 11.1 Å². The summed E-state index contributed by atoms with van der Waals surface area (Å²) in [6, 6.07) is 6.20. The number of nitrogen functional groups attached to an aromatic ring is 1. The van der Waals surface area contributed by atoms with E-state index in [0.29, 0.717) is 5.82 Å². The molecule has 0 fully saturated rings. The summed E-state index contributed by atoms with van der Waals surface area (Å²) in [6.45, 7) is 2.99. The summed E-state index contributed by atoms with van der Waals surface area (Å²) in [6.07, 6.45) is 1.72. The standard InChI is InChI=1S/C12H15N3S/c1-2-14-11(9-5-7-16-8-9)10-4-3-6-15-12(10)13/h3-8,11,14H,2H2,1H3,(H2,13,15). The van der Waals surface area contributed by atoms with Crippen LogP contribution in [0.1, 0.15) is 24.1 Å². The molecular formula is C12H15N3S. The van der Waals surface area contributed by atoms with Crippen LogP contribution in [0.25, 0.3) is 0 Å². The van der Waals surface area contributed by atoms with Gasteiger partial charge < -0.3 is 11.1 Å². The number of thiophene rings is 1. The van der Waals surface area contributed by atoms with Gasteiger partial charge in [-0.1, -0.05) is 13.0 Å². The van der Waals surface area contributed by atoms with Crippen LogP contribution in [0.3, 0.4) is 0 Å². The molecule has 4 heteroatoms. The van der Waals surface area contributed by atoms with E-state index in [1.807, 2.05) is 12.1 Å². The Morgan fingerprint density at radius 2 is 2.38 bits per heavy atom. The van der Waals surface area contributed by atoms with E-state index in [2.05, 4.69) is 34.1 Å². The van der Waals surface area contributed by atoms with Crippen LogP contribution in [0, 0.1) is 0 Å². The number of nitrogens with one attached hydrogen (secondary N) is 1. The fraction of sp³-hybridized carbons (Fsp3) is 0.250. The summed E-state index contributed by atoms with van der Waals surface area (Å²) in [5, 5.41) is 7.64. The fourth-order valence-electron chi connectivity index (χ4n) is 1.72. The zero-order valence-corrected chi connectivity index (χ0v) is 10.00. The van der Waals surface area contributed by atoms with Crippen LogP contribution in [0.2, 0.25) is 0 Å². The van der Waals surface area contributed by atoms with Crippen molar-refractivity contribution in [3.05, 3.63) is 46.3 Å². The molecule has 2 rings (SSSR count). The van der Waals surface area contributed by atoms with Crippen LogP contribution in [-0.2, 0) is 0 Å². The van der Waals surface area contributed by atoms with Crippen molar-refractivity contribution >= 4 is 17.2 Å². The molecule has 0 aliphatic carbocycles. The van der Waals surface area contributed by atoms with Gasteiger partial charge in [0.25, 0.3) is 0 Å². The molecule has 0 amide bonds. The minimum absolute atomic E-state index is 0.143. The van der Waals surface area contributed by atoms with E-state index >= 15 is 0 Å². The van der Waals surface area contributed by atoms with Crippen molar-refractivity contribution in [1.29, 1.82) is 0 Å². The molecule has 2 heterocycles. The van der Waals surface area contributed by atoms with Crippen LogP contribution in [0.15, 0.2) is 35.2 Å². The molecule has 0 bridgehead atoms. The highest BCUT2D eigenvalue weighted by Gasteiger charge is 2.15. The number of aromatic nitrogens is 1. The zero-order valence-electron chi connectivity index (χ0n) is 9.18. The van der Waals surface area contributed by atoms with Crippen LogP contribution in [0.5, 0.6) is 0 Å². The summed E-state index contributed by atoms with van der Waals surface area (Å²) >= 11 is 1.69. The minimum atomic E-state index is 0.143. The number of nitrogens with two attached hydrogens (primary N) is 1. The molecule has 0 aliphatic heterocycles. The molecule has 0 saturated heterocycles. The smallest absolute Gasteiger partial charge is 0.128 e. The summed E-state index contributed by atoms with van der Waals surface area (Å²) in [5.74, 6) is 0.597. The van der Waals surface area contributed by atoms with Crippen LogP contribution in [0.4, 0.5) is 5.82 Å². The van der Waals surface area contributed by atoms with E-state index in [9.17, 15) is 0 Å². The lowest BCUT2D eigenvalue weighted by Crippen LogP contribution is -2.22. The van der Waals surface area contributed by atoms with Gasteiger partial charge in [0.15, 0.2) is 0 Å². The highest BCUT2D eigenvalue weighted by atomic mass is 32.1. The predicted octanol–water partition coefficient (Wildman–Crippen LogP) is 2.42. The number of rotatable bonds is 4. The van der Waals surface area contributed by atoms with E-state index < -0.39 is 0 Å². The Morgan fingerprint density at radius 3 is 3.00 bits per heavy atom. The first-order valence-electron chi connectivity index (χ1n) is 5.28. The summed E-state index contributed by atoms with van der Waals surface area (Å²) in [4.78, 5) is 4.13. The number of hydrogen-bond donors (Lipinski definition) is 2. The van der Waals surface area contributed by atoms with Gasteiger partial charge in [0.2, 0.25) is 0 Å². The maximum atomic E-state index is 5.91. The van der Waals surface area contributed by atoms with Crippen LogP contribution >= 0.6 is 11.3 Å². The van der Waals surface area contributed by atoms with Gasteiger partial charge in [0.1, 0.15) is 5.82 Å². The second-order valence-corrected chi connectivity index (χ2v) is 4.31. The molecule has 84 valence electrons. The van der Waals surface area contributed by atoms with Crippen molar-refractivity contribution < 1.29 is 0 Å². The highest BCUT2D eigenvalue weighted by molar-refractivity contribution is 7.08. The Kier molecular flexibility index (Phi) is 3.54. The minimum Gasteiger partial charge on any atom is -0.383 e. The molecule has 0 spiro atoms. The van der Waals surface area contributed by atoms with Crippen molar-refractivity contribution in [3.63, 3.8) is 0 Å². The molecule has 2 aromatic heterocycles. The highest BCUT2D eigenvalue weighted by Crippen LogP contribution is 2.26. The third-order valence-corrected chi connectivity index (χ3v) is 3.17. The fourth-order valence-corrected chi connectivity index (χ4v) is 2.41. The maximum absolute atomic E-state index is 5.91. The first-order valence-corrected chi connectivity index (χ1v) is 6.23. The molecule has 16 heavy (non-hydrogen) atoms. The van der Waals surface area contributed by atoms with Crippen molar-refractivity contribution in [1.82, 2.24) is 10.3 Å². The molecule has 1 unspecified atom stereocenters. The van der Waals surface area contributed by atoms with Gasteiger partial charge in [-0.25, -0.2) is 4.98 Å². The lowest BCUT2D eigenvalue weighted by atomic mass is 10.0. The Bertz CT molecular complexity index is 439. The third kappa shape index (κ3) is 2.23. The molecule has 2 aromatic rings. The van der Waals surface area contributed by atoms with Crippen LogP contribution in [-0.4, -0.2) is 11.5 Å². The monoisotopic (exact) mass is 233 g/mol. The molecule has 3 N–H and O–H groups in total. The van der Waals surface area contributed by atoms with Crippen molar-refractivity contribution in [2.45, 2.75) is 13.0 Å². The molecular weight excluding hydrogens is 218 g/mol. The van der Waals surface area contributed by atoms with Crippen molar-refractivity contribution in [2.75, 3.05) is 12.3 Å². The Balaban J connectivity index is 2.37. The second kappa shape index (κ2) is 5.09. The van der Waals surface area contributed by atoms with E-state index in [1.165, 1.54) is 5.56 Å². The average Bonchev–Trinajstić information content (AvgIpc) is 2.80. The summed E-state index contributed by atoms with van der Waals surface area (Å²) in [5.41, 5.74) is 8.20. The van der Waals surface area contributed by atoms with E-state index in [-0.39, 0.29) is 6.04 Å². The number of pyridine rings is 1. The largest absolute Gasteiger partial charge is 0.383 e. The van der Waals surface area contributed by atoms with Gasteiger partial charge in [0.05, 0.1) is 6.04 Å². The lowest BCUT2D eigenvalue weighted by molar-refractivity contribution is 0.632.